The van der Waals surface area contributed by atoms with Gasteiger partial charge in [0.15, 0.2) is 11.5 Å². The molecular formula is C18H16O7. The summed E-state index contributed by atoms with van der Waals surface area (Å²) in [6.07, 6.45) is 0. The van der Waals surface area contributed by atoms with Crippen LogP contribution < -0.4 is 19.8 Å². The molecule has 3 aromatic rings. The number of rotatable bonds is 5. The first-order valence-corrected chi connectivity index (χ1v) is 7.36. The fraction of sp³-hybridized carbons (Fsp3) is 0.167. The second kappa shape index (κ2) is 6.64. The van der Waals surface area contributed by atoms with Crippen LogP contribution in [0.15, 0.2) is 45.6 Å². The zero-order valence-electron chi connectivity index (χ0n) is 13.6. The Morgan fingerprint density at radius 1 is 1.04 bits per heavy atom. The van der Waals surface area contributed by atoms with Crippen LogP contribution in [0.1, 0.15) is 5.56 Å². The van der Waals surface area contributed by atoms with E-state index in [4.69, 9.17) is 18.6 Å². The van der Waals surface area contributed by atoms with Gasteiger partial charge < -0.3 is 28.8 Å². The van der Waals surface area contributed by atoms with Crippen LogP contribution in [0.25, 0.3) is 11.0 Å². The van der Waals surface area contributed by atoms with Gasteiger partial charge in [0.2, 0.25) is 5.75 Å². The molecule has 3 rings (SSSR count). The average molecular weight is 344 g/mol. The number of ether oxygens (including phenoxy) is 3. The van der Waals surface area contributed by atoms with Crippen LogP contribution in [0.3, 0.4) is 0 Å². The van der Waals surface area contributed by atoms with Crippen LogP contribution in [0.5, 0.6) is 28.7 Å². The zero-order valence-corrected chi connectivity index (χ0v) is 13.6. The molecule has 0 saturated heterocycles. The molecule has 0 spiro atoms. The summed E-state index contributed by atoms with van der Waals surface area (Å²) in [5.41, 5.74) is 0.114. The van der Waals surface area contributed by atoms with Gasteiger partial charge in [0.25, 0.3) is 0 Å². The monoisotopic (exact) mass is 344 g/mol. The highest BCUT2D eigenvalue weighted by molar-refractivity contribution is 5.93. The van der Waals surface area contributed by atoms with E-state index in [1.807, 2.05) is 12.1 Å². The number of fused-ring (bicyclic) bond motifs is 1. The lowest BCUT2D eigenvalue weighted by Gasteiger charge is -2.14. The van der Waals surface area contributed by atoms with E-state index in [0.717, 1.165) is 17.4 Å². The van der Waals surface area contributed by atoms with Crippen molar-refractivity contribution in [2.75, 3.05) is 14.2 Å². The standard InChI is InChI=1S/C18H16O7/c1-22-11-5-3-10(4-6-11)9-24-14-8-13-16(17(21)18(14)23-2)12(19)7-15(20)25-13/h3-8,19,21H,9H2,1-2H3. The second-order valence-electron chi connectivity index (χ2n) is 5.22. The smallest absolute Gasteiger partial charge is 0.339 e. The maximum atomic E-state index is 11.4. The molecule has 0 aliphatic carbocycles. The lowest BCUT2D eigenvalue weighted by Crippen LogP contribution is -2.00. The predicted octanol–water partition coefficient (Wildman–Crippen LogP) is 2.80. The molecular weight excluding hydrogens is 328 g/mol. The van der Waals surface area contributed by atoms with E-state index in [1.165, 1.54) is 13.2 Å². The molecule has 1 aromatic heterocycles. The molecule has 0 atom stereocenters. The number of methoxy groups -OCH3 is 2. The maximum Gasteiger partial charge on any atom is 0.339 e. The van der Waals surface area contributed by atoms with E-state index in [2.05, 4.69) is 0 Å². The molecule has 25 heavy (non-hydrogen) atoms. The SMILES string of the molecule is COc1ccc(COc2cc3oc(=O)cc(O)c3c(O)c2OC)cc1. The van der Waals surface area contributed by atoms with Crippen LogP contribution >= 0.6 is 0 Å². The van der Waals surface area contributed by atoms with E-state index in [0.29, 0.717) is 0 Å². The van der Waals surface area contributed by atoms with Crippen molar-refractivity contribution in [2.24, 2.45) is 0 Å². The Labute approximate surface area is 142 Å². The van der Waals surface area contributed by atoms with E-state index in [1.54, 1.807) is 19.2 Å². The van der Waals surface area contributed by atoms with Gasteiger partial charge in [-0.05, 0) is 17.7 Å². The third-order valence-corrected chi connectivity index (χ3v) is 3.66. The largest absolute Gasteiger partial charge is 0.507 e. The molecule has 2 N–H and O–H groups in total. The Hall–Kier alpha value is -3.35. The number of phenolic OH excluding ortho intramolecular Hbond substituents is 1. The van der Waals surface area contributed by atoms with Crippen molar-refractivity contribution in [3.63, 3.8) is 0 Å². The van der Waals surface area contributed by atoms with Gasteiger partial charge in [0.1, 0.15) is 29.1 Å². The molecule has 1 heterocycles. The summed E-state index contributed by atoms with van der Waals surface area (Å²) >= 11 is 0. The Morgan fingerprint density at radius 2 is 1.76 bits per heavy atom. The topological polar surface area (TPSA) is 98.4 Å². The number of hydrogen-bond donors (Lipinski definition) is 2. The molecule has 0 fully saturated rings. The van der Waals surface area contributed by atoms with Crippen molar-refractivity contribution in [2.45, 2.75) is 6.61 Å². The third kappa shape index (κ3) is 3.16. The first-order chi connectivity index (χ1) is 12.0. The highest BCUT2D eigenvalue weighted by atomic mass is 16.5. The van der Waals surface area contributed by atoms with Crippen molar-refractivity contribution < 1.29 is 28.8 Å². The quantitative estimate of drug-likeness (QED) is 0.687. The predicted molar refractivity (Wildman–Crippen MR) is 89.7 cm³/mol. The molecule has 2 aromatic carbocycles. The molecule has 0 bridgehead atoms. The van der Waals surface area contributed by atoms with Crippen LogP contribution in [-0.4, -0.2) is 24.4 Å². The molecule has 0 aliphatic rings. The highest BCUT2D eigenvalue weighted by Gasteiger charge is 2.19. The van der Waals surface area contributed by atoms with Crippen LogP contribution in [0, 0.1) is 0 Å². The Balaban J connectivity index is 1.98. The maximum absolute atomic E-state index is 11.4. The summed E-state index contributed by atoms with van der Waals surface area (Å²) in [6.45, 7) is 0.189. The number of benzene rings is 2. The molecule has 7 nitrogen and oxygen atoms in total. The average Bonchev–Trinajstić information content (AvgIpc) is 2.59. The lowest BCUT2D eigenvalue weighted by atomic mass is 10.1. The van der Waals surface area contributed by atoms with Gasteiger partial charge in [-0.25, -0.2) is 4.79 Å². The van der Waals surface area contributed by atoms with E-state index in [9.17, 15) is 15.0 Å². The summed E-state index contributed by atoms with van der Waals surface area (Å²) < 4.78 is 21.0. The highest BCUT2D eigenvalue weighted by Crippen LogP contribution is 2.45. The van der Waals surface area contributed by atoms with Gasteiger partial charge in [-0.15, -0.1) is 0 Å². The van der Waals surface area contributed by atoms with Crippen molar-refractivity contribution in [3.8, 4) is 28.7 Å². The van der Waals surface area contributed by atoms with Crippen molar-refractivity contribution in [3.05, 3.63) is 52.4 Å². The van der Waals surface area contributed by atoms with Crippen LogP contribution in [-0.2, 0) is 6.61 Å². The molecule has 0 saturated carbocycles. The lowest BCUT2D eigenvalue weighted by molar-refractivity contribution is 0.277. The molecule has 7 heteroatoms. The van der Waals surface area contributed by atoms with Gasteiger partial charge in [-0.2, -0.15) is 0 Å². The Bertz CT molecular complexity index is 958. The van der Waals surface area contributed by atoms with Crippen LogP contribution in [0.4, 0.5) is 0 Å². The Kier molecular flexibility index (Phi) is 4.38. The van der Waals surface area contributed by atoms with E-state index in [-0.39, 0.29) is 34.8 Å². The van der Waals surface area contributed by atoms with E-state index >= 15 is 0 Å². The molecule has 0 aliphatic heterocycles. The normalized spacial score (nSPS) is 10.6. The molecule has 0 unspecified atom stereocenters. The molecule has 0 radical (unpaired) electrons. The van der Waals surface area contributed by atoms with Crippen molar-refractivity contribution in [1.29, 1.82) is 0 Å². The summed E-state index contributed by atoms with van der Waals surface area (Å²) in [6, 6.07) is 9.52. The van der Waals surface area contributed by atoms with Crippen LogP contribution in [0.2, 0.25) is 0 Å². The summed E-state index contributed by atoms with van der Waals surface area (Å²) in [5, 5.41) is 20.2. The first kappa shape index (κ1) is 16.5. The minimum absolute atomic E-state index is 0.00645. The summed E-state index contributed by atoms with van der Waals surface area (Å²) in [7, 11) is 2.94. The number of phenols is 1. The Morgan fingerprint density at radius 3 is 2.40 bits per heavy atom. The van der Waals surface area contributed by atoms with Gasteiger partial charge in [0.05, 0.1) is 20.3 Å². The van der Waals surface area contributed by atoms with Gasteiger partial charge in [0, 0.05) is 6.07 Å². The summed E-state index contributed by atoms with van der Waals surface area (Å²) in [4.78, 5) is 11.4. The number of hydrogen-bond acceptors (Lipinski definition) is 7. The van der Waals surface area contributed by atoms with Gasteiger partial charge >= 0.3 is 5.63 Å². The number of aromatic hydroxyl groups is 2. The van der Waals surface area contributed by atoms with Gasteiger partial charge in [-0.1, -0.05) is 12.1 Å². The van der Waals surface area contributed by atoms with Gasteiger partial charge in [-0.3, -0.25) is 0 Å². The third-order valence-electron chi connectivity index (χ3n) is 3.66. The fourth-order valence-corrected chi connectivity index (χ4v) is 2.44. The zero-order chi connectivity index (χ0) is 18.0. The minimum Gasteiger partial charge on any atom is -0.507 e. The van der Waals surface area contributed by atoms with Crippen molar-refractivity contribution in [1.82, 2.24) is 0 Å². The first-order valence-electron chi connectivity index (χ1n) is 7.36. The second-order valence-corrected chi connectivity index (χ2v) is 5.22. The fourth-order valence-electron chi connectivity index (χ4n) is 2.44. The van der Waals surface area contributed by atoms with Crippen molar-refractivity contribution >= 4 is 11.0 Å². The molecule has 130 valence electrons. The molecule has 0 amide bonds. The minimum atomic E-state index is -0.740. The summed E-state index contributed by atoms with van der Waals surface area (Å²) in [5.74, 6) is 0.166. The van der Waals surface area contributed by atoms with E-state index < -0.39 is 11.4 Å².